The minimum absolute atomic E-state index is 0.225. The lowest BCUT2D eigenvalue weighted by atomic mass is 9.84. The van der Waals surface area contributed by atoms with Crippen molar-refractivity contribution in [3.8, 4) is 0 Å². The lowest BCUT2D eigenvalue weighted by Crippen LogP contribution is -2.22. The van der Waals surface area contributed by atoms with Crippen LogP contribution in [0.1, 0.15) is 26.7 Å². The Bertz CT molecular complexity index is 291. The number of ether oxygens (including phenoxy) is 1. The van der Waals surface area contributed by atoms with E-state index in [1.54, 1.807) is 0 Å². The molecule has 0 bridgehead atoms. The molecule has 0 heterocycles. The Hall–Kier alpha value is -1.09. The van der Waals surface area contributed by atoms with Gasteiger partial charge in [0.05, 0.1) is 6.10 Å². The van der Waals surface area contributed by atoms with Crippen molar-refractivity contribution >= 4 is 5.97 Å². The van der Waals surface area contributed by atoms with Crippen molar-refractivity contribution in [1.82, 2.24) is 0 Å². The van der Waals surface area contributed by atoms with E-state index in [1.165, 1.54) is 6.92 Å². The second-order valence-corrected chi connectivity index (χ2v) is 4.07. The summed E-state index contributed by atoms with van der Waals surface area (Å²) in [4.78, 5) is 10.6. The standard InChI is InChI=1S/C12H18O3/c1-8-4-5-11(6-12(8)14)9(2)7-15-10(3)13/h4,11-12,14H,2,5-7H2,1,3H3/t11-,12-/m1/s1. The molecule has 0 radical (unpaired) electrons. The molecule has 1 aliphatic rings. The fraction of sp³-hybridized carbons (Fsp3) is 0.583. The predicted molar refractivity (Wildman–Crippen MR) is 58.3 cm³/mol. The molecular weight excluding hydrogens is 192 g/mol. The summed E-state index contributed by atoms with van der Waals surface area (Å²) in [5.41, 5.74) is 1.90. The molecule has 1 aliphatic carbocycles. The molecule has 0 aliphatic heterocycles. The summed E-state index contributed by atoms with van der Waals surface area (Å²) >= 11 is 0. The van der Waals surface area contributed by atoms with Gasteiger partial charge in [-0.15, -0.1) is 0 Å². The Labute approximate surface area is 90.4 Å². The van der Waals surface area contributed by atoms with Gasteiger partial charge in [-0.05, 0) is 36.8 Å². The van der Waals surface area contributed by atoms with Crippen LogP contribution in [0.15, 0.2) is 23.8 Å². The first-order valence-electron chi connectivity index (χ1n) is 5.16. The fourth-order valence-electron chi connectivity index (χ4n) is 1.66. The molecular formula is C12H18O3. The highest BCUT2D eigenvalue weighted by Crippen LogP contribution is 2.28. The van der Waals surface area contributed by atoms with Gasteiger partial charge in [-0.3, -0.25) is 4.79 Å². The van der Waals surface area contributed by atoms with E-state index in [0.717, 1.165) is 17.6 Å². The molecule has 1 N–H and O–H groups in total. The van der Waals surface area contributed by atoms with E-state index in [1.807, 2.05) is 13.0 Å². The van der Waals surface area contributed by atoms with Gasteiger partial charge in [0.1, 0.15) is 6.61 Å². The minimum atomic E-state index is -0.377. The number of hydrogen-bond acceptors (Lipinski definition) is 3. The lowest BCUT2D eigenvalue weighted by molar-refractivity contribution is -0.140. The molecule has 2 atom stereocenters. The molecule has 0 spiro atoms. The largest absolute Gasteiger partial charge is 0.461 e. The Kier molecular flexibility index (Phi) is 4.09. The van der Waals surface area contributed by atoms with Gasteiger partial charge in [-0.2, -0.15) is 0 Å². The van der Waals surface area contributed by atoms with Crippen LogP contribution in [0.2, 0.25) is 0 Å². The molecule has 3 heteroatoms. The third-order valence-electron chi connectivity index (χ3n) is 2.80. The first kappa shape index (κ1) is 12.0. The lowest BCUT2D eigenvalue weighted by Gasteiger charge is -2.26. The van der Waals surface area contributed by atoms with E-state index in [0.29, 0.717) is 6.42 Å². The molecule has 0 fully saturated rings. The second-order valence-electron chi connectivity index (χ2n) is 4.07. The summed E-state index contributed by atoms with van der Waals surface area (Å²) in [6.45, 7) is 7.46. The summed E-state index contributed by atoms with van der Waals surface area (Å²) in [7, 11) is 0. The summed E-state index contributed by atoms with van der Waals surface area (Å²) in [5.74, 6) is -0.0673. The highest BCUT2D eigenvalue weighted by atomic mass is 16.5. The normalized spacial score (nSPS) is 25.7. The monoisotopic (exact) mass is 210 g/mol. The van der Waals surface area contributed by atoms with E-state index in [9.17, 15) is 9.90 Å². The number of esters is 1. The van der Waals surface area contributed by atoms with Gasteiger partial charge in [0, 0.05) is 6.92 Å². The van der Waals surface area contributed by atoms with Crippen LogP contribution in [0.4, 0.5) is 0 Å². The van der Waals surface area contributed by atoms with Crippen molar-refractivity contribution in [1.29, 1.82) is 0 Å². The molecule has 0 saturated heterocycles. The molecule has 3 nitrogen and oxygen atoms in total. The third kappa shape index (κ3) is 3.51. The second kappa shape index (κ2) is 5.12. The van der Waals surface area contributed by atoms with Crippen LogP contribution >= 0.6 is 0 Å². The predicted octanol–water partition coefficient (Wildman–Crippen LogP) is 1.82. The highest BCUT2D eigenvalue weighted by Gasteiger charge is 2.22. The first-order valence-corrected chi connectivity index (χ1v) is 5.16. The minimum Gasteiger partial charge on any atom is -0.461 e. The molecule has 84 valence electrons. The van der Waals surface area contributed by atoms with E-state index < -0.39 is 0 Å². The molecule has 0 saturated carbocycles. The van der Waals surface area contributed by atoms with Crippen molar-refractivity contribution in [2.75, 3.05) is 6.61 Å². The Morgan fingerprint density at radius 1 is 1.73 bits per heavy atom. The fourth-order valence-corrected chi connectivity index (χ4v) is 1.66. The van der Waals surface area contributed by atoms with Gasteiger partial charge in [-0.25, -0.2) is 0 Å². The number of hydrogen-bond donors (Lipinski definition) is 1. The Balaban J connectivity index is 2.45. The molecule has 0 aromatic carbocycles. The summed E-state index contributed by atoms with van der Waals surface area (Å²) in [6.07, 6.45) is 3.21. The number of aliphatic hydroxyl groups excluding tert-OH is 1. The topological polar surface area (TPSA) is 46.5 Å². The zero-order valence-corrected chi connectivity index (χ0v) is 9.32. The van der Waals surface area contributed by atoms with E-state index >= 15 is 0 Å². The van der Waals surface area contributed by atoms with Crippen LogP contribution in [0.5, 0.6) is 0 Å². The maximum absolute atomic E-state index is 10.6. The van der Waals surface area contributed by atoms with Crippen molar-refractivity contribution < 1.29 is 14.6 Å². The van der Waals surface area contributed by atoms with Gasteiger partial charge < -0.3 is 9.84 Å². The number of carbonyl (C=O) groups excluding carboxylic acids is 1. The molecule has 0 aromatic heterocycles. The third-order valence-corrected chi connectivity index (χ3v) is 2.80. The molecule has 0 aromatic rings. The highest BCUT2D eigenvalue weighted by molar-refractivity contribution is 5.66. The Morgan fingerprint density at radius 2 is 2.40 bits per heavy atom. The maximum atomic E-state index is 10.6. The molecule has 0 unspecified atom stereocenters. The van der Waals surface area contributed by atoms with Gasteiger partial charge >= 0.3 is 5.97 Å². The Morgan fingerprint density at radius 3 is 2.93 bits per heavy atom. The number of rotatable bonds is 3. The zero-order chi connectivity index (χ0) is 11.4. The van der Waals surface area contributed by atoms with Gasteiger partial charge in [0.25, 0.3) is 0 Å². The summed E-state index contributed by atoms with van der Waals surface area (Å²) < 4.78 is 4.88. The van der Waals surface area contributed by atoms with Gasteiger partial charge in [0.15, 0.2) is 0 Å². The van der Waals surface area contributed by atoms with Crippen LogP contribution in [-0.2, 0) is 9.53 Å². The SMILES string of the molecule is C=C(COC(C)=O)[C@@H]1CC=C(C)[C@H](O)C1. The van der Waals surface area contributed by atoms with Crippen molar-refractivity contribution in [3.05, 3.63) is 23.8 Å². The number of aliphatic hydroxyl groups is 1. The summed E-state index contributed by atoms with van der Waals surface area (Å²) in [6, 6.07) is 0. The van der Waals surface area contributed by atoms with E-state index in [4.69, 9.17) is 4.74 Å². The van der Waals surface area contributed by atoms with Crippen LogP contribution in [0.3, 0.4) is 0 Å². The van der Waals surface area contributed by atoms with Gasteiger partial charge in [-0.1, -0.05) is 12.7 Å². The van der Waals surface area contributed by atoms with E-state index in [2.05, 4.69) is 6.58 Å². The van der Waals surface area contributed by atoms with Crippen LogP contribution < -0.4 is 0 Å². The molecule has 0 amide bonds. The first-order chi connectivity index (χ1) is 7.00. The van der Waals surface area contributed by atoms with Gasteiger partial charge in [0.2, 0.25) is 0 Å². The number of allylic oxidation sites excluding steroid dienone is 1. The zero-order valence-electron chi connectivity index (χ0n) is 9.32. The molecule has 1 rings (SSSR count). The van der Waals surface area contributed by atoms with Crippen LogP contribution in [-0.4, -0.2) is 23.8 Å². The average molecular weight is 210 g/mol. The maximum Gasteiger partial charge on any atom is 0.302 e. The number of carbonyl (C=O) groups is 1. The van der Waals surface area contributed by atoms with E-state index in [-0.39, 0.29) is 24.6 Å². The summed E-state index contributed by atoms with van der Waals surface area (Å²) in [5, 5.41) is 9.66. The smallest absolute Gasteiger partial charge is 0.302 e. The van der Waals surface area contributed by atoms with Crippen molar-refractivity contribution in [2.45, 2.75) is 32.8 Å². The van der Waals surface area contributed by atoms with Crippen LogP contribution in [0, 0.1) is 5.92 Å². The average Bonchev–Trinajstić information content (AvgIpc) is 2.18. The quantitative estimate of drug-likeness (QED) is 0.571. The van der Waals surface area contributed by atoms with Crippen molar-refractivity contribution in [2.24, 2.45) is 5.92 Å². The van der Waals surface area contributed by atoms with Crippen molar-refractivity contribution in [3.63, 3.8) is 0 Å². The van der Waals surface area contributed by atoms with Crippen LogP contribution in [0.25, 0.3) is 0 Å². The molecule has 15 heavy (non-hydrogen) atoms.